The van der Waals surface area contributed by atoms with Crippen molar-refractivity contribution < 1.29 is 32.2 Å². The number of methoxy groups -OCH3 is 1. The van der Waals surface area contributed by atoms with Crippen molar-refractivity contribution in [2.75, 3.05) is 17.7 Å². The highest BCUT2D eigenvalue weighted by Crippen LogP contribution is 2.35. The number of rotatable bonds is 8. The molecule has 0 saturated heterocycles. The molecule has 220 valence electrons. The van der Waals surface area contributed by atoms with E-state index in [4.69, 9.17) is 15.2 Å². The van der Waals surface area contributed by atoms with Gasteiger partial charge in [-0.25, -0.2) is 9.48 Å². The number of nitrogens with zero attached hydrogens (tertiary/aromatic N) is 3. The maximum atomic E-state index is 13.5. The van der Waals surface area contributed by atoms with Gasteiger partial charge in [0, 0.05) is 36.2 Å². The van der Waals surface area contributed by atoms with Gasteiger partial charge in [-0.1, -0.05) is 42.0 Å². The molecule has 0 radical (unpaired) electrons. The molecule has 3 aromatic carbocycles. The molecule has 0 aliphatic rings. The van der Waals surface area contributed by atoms with E-state index in [1.54, 1.807) is 66.7 Å². The number of hydrogen-bond donors (Lipinski definition) is 3. The molecule has 5 rings (SSSR count). The van der Waals surface area contributed by atoms with Crippen LogP contribution in [0.1, 0.15) is 23.1 Å². The number of nitrogens with two attached hydrogens (primary N) is 1. The molecule has 3 amide bonds. The van der Waals surface area contributed by atoms with Gasteiger partial charge in [-0.05, 0) is 37.3 Å². The molecule has 0 bridgehead atoms. The topological polar surface area (TPSA) is 133 Å². The second kappa shape index (κ2) is 11.8. The summed E-state index contributed by atoms with van der Waals surface area (Å²) in [6.45, 7) is 1.84. The number of primary amides is 1. The molecule has 4 N–H and O–H groups in total. The normalized spacial score (nSPS) is 12.1. The maximum absolute atomic E-state index is 13.5. The lowest BCUT2D eigenvalue weighted by molar-refractivity contribution is -0.141. The number of nitrogens with one attached hydrogen (secondary N) is 2. The van der Waals surface area contributed by atoms with E-state index in [1.165, 1.54) is 19.4 Å². The number of anilines is 2. The van der Waals surface area contributed by atoms with Crippen molar-refractivity contribution in [1.29, 1.82) is 0 Å². The number of fused-ring (bicyclic) bond motifs is 1. The number of aryl methyl sites for hydroxylation is 1. The molecule has 0 aliphatic carbocycles. The molecule has 2 heterocycles. The molecule has 0 fully saturated rings. The van der Waals surface area contributed by atoms with E-state index >= 15 is 0 Å². The van der Waals surface area contributed by atoms with Crippen LogP contribution in [0.4, 0.5) is 29.5 Å². The quantitative estimate of drug-likeness (QED) is 0.193. The molecular formula is C30H25F3N6O4. The lowest BCUT2D eigenvalue weighted by atomic mass is 10.1. The van der Waals surface area contributed by atoms with Crippen LogP contribution in [0, 0.1) is 6.92 Å². The third-order valence-electron chi connectivity index (χ3n) is 6.40. The molecule has 2 aromatic heterocycles. The smallest absolute Gasteiger partial charge is 0.435 e. The SMILES string of the molecule is COC(C(N)=O)c1cc(Oc2ccc(NC(=O)Nc3cc(C(F)(F)F)nn3-c3ccc(C)cc3)c3ccccc23)ccn1. The summed E-state index contributed by atoms with van der Waals surface area (Å²) in [5, 5.41) is 10.1. The first-order valence-corrected chi connectivity index (χ1v) is 12.8. The number of benzene rings is 3. The number of alkyl halides is 3. The van der Waals surface area contributed by atoms with Crippen molar-refractivity contribution in [2.45, 2.75) is 19.2 Å². The fourth-order valence-corrected chi connectivity index (χ4v) is 4.38. The largest absolute Gasteiger partial charge is 0.457 e. The standard InChI is InChI=1S/C30H25F3N6O4/c1-17-7-9-18(10-8-17)39-26(16-25(38-39)30(31,32)33)37-29(41)36-22-11-12-24(21-6-4-3-5-20(21)22)43-19-13-14-35-23(15-19)27(42-2)28(34)40/h3-16,27H,1-2H3,(H2,34,40)(H2,36,37,41). The second-order valence-corrected chi connectivity index (χ2v) is 9.43. The Balaban J connectivity index is 1.41. The summed E-state index contributed by atoms with van der Waals surface area (Å²) < 4.78 is 52.7. The fourth-order valence-electron chi connectivity index (χ4n) is 4.38. The van der Waals surface area contributed by atoms with Crippen LogP contribution in [0.3, 0.4) is 0 Å². The van der Waals surface area contributed by atoms with E-state index in [0.717, 1.165) is 16.3 Å². The Morgan fingerprint density at radius 1 is 0.953 bits per heavy atom. The summed E-state index contributed by atoms with van der Waals surface area (Å²) in [4.78, 5) is 28.9. The molecular weight excluding hydrogens is 565 g/mol. The Labute approximate surface area is 243 Å². The number of hydrogen-bond acceptors (Lipinski definition) is 6. The Morgan fingerprint density at radius 2 is 1.67 bits per heavy atom. The summed E-state index contributed by atoms with van der Waals surface area (Å²) in [6.07, 6.45) is -4.32. The molecule has 1 unspecified atom stereocenters. The first-order valence-electron chi connectivity index (χ1n) is 12.8. The number of halogens is 3. The highest BCUT2D eigenvalue weighted by atomic mass is 19.4. The molecule has 5 aromatic rings. The summed E-state index contributed by atoms with van der Waals surface area (Å²) in [5.41, 5.74) is 6.13. The second-order valence-electron chi connectivity index (χ2n) is 9.43. The first-order chi connectivity index (χ1) is 20.5. The van der Waals surface area contributed by atoms with Gasteiger partial charge in [-0.2, -0.15) is 18.3 Å². The van der Waals surface area contributed by atoms with Gasteiger partial charge in [0.2, 0.25) is 0 Å². The van der Waals surface area contributed by atoms with Gasteiger partial charge in [0.15, 0.2) is 11.8 Å². The average Bonchev–Trinajstić information content (AvgIpc) is 3.39. The Morgan fingerprint density at radius 3 is 2.35 bits per heavy atom. The van der Waals surface area contributed by atoms with Crippen LogP contribution in [0.25, 0.3) is 16.5 Å². The number of pyridine rings is 1. The minimum absolute atomic E-state index is 0.170. The van der Waals surface area contributed by atoms with Crippen LogP contribution < -0.4 is 21.1 Å². The summed E-state index contributed by atoms with van der Waals surface area (Å²) in [7, 11) is 1.34. The minimum Gasteiger partial charge on any atom is -0.457 e. The van der Waals surface area contributed by atoms with Gasteiger partial charge in [-0.3, -0.25) is 15.1 Å². The minimum atomic E-state index is -4.71. The highest BCUT2D eigenvalue weighted by molar-refractivity contribution is 6.07. The van der Waals surface area contributed by atoms with Gasteiger partial charge in [0.05, 0.1) is 17.1 Å². The van der Waals surface area contributed by atoms with Crippen molar-refractivity contribution in [2.24, 2.45) is 5.73 Å². The highest BCUT2D eigenvalue weighted by Gasteiger charge is 2.35. The van der Waals surface area contributed by atoms with Crippen LogP contribution in [0.2, 0.25) is 0 Å². The van der Waals surface area contributed by atoms with E-state index in [1.807, 2.05) is 6.92 Å². The van der Waals surface area contributed by atoms with Crippen molar-refractivity contribution in [3.63, 3.8) is 0 Å². The molecule has 0 spiro atoms. The predicted molar refractivity (Wildman–Crippen MR) is 153 cm³/mol. The van der Waals surface area contributed by atoms with Gasteiger partial charge in [-0.15, -0.1) is 0 Å². The molecule has 13 heteroatoms. The van der Waals surface area contributed by atoms with Gasteiger partial charge in [0.1, 0.15) is 17.3 Å². The van der Waals surface area contributed by atoms with E-state index in [0.29, 0.717) is 33.6 Å². The fraction of sp³-hybridized carbons (Fsp3) is 0.133. The zero-order chi connectivity index (χ0) is 30.7. The van der Waals surface area contributed by atoms with Gasteiger partial charge < -0.3 is 20.5 Å². The van der Waals surface area contributed by atoms with Crippen LogP contribution in [0.15, 0.2) is 85.1 Å². The number of carbonyl (C=O) groups excluding carboxylic acids is 2. The lowest BCUT2D eigenvalue weighted by Gasteiger charge is -2.15. The number of aromatic nitrogens is 3. The molecule has 1 atom stereocenters. The van der Waals surface area contributed by atoms with Gasteiger partial charge in [0.25, 0.3) is 5.91 Å². The molecule has 0 saturated carbocycles. The van der Waals surface area contributed by atoms with E-state index in [2.05, 4.69) is 20.7 Å². The Hall–Kier alpha value is -5.43. The number of amides is 3. The zero-order valence-corrected chi connectivity index (χ0v) is 22.8. The number of ether oxygens (including phenoxy) is 2. The summed E-state index contributed by atoms with van der Waals surface area (Å²) in [6, 6.07) is 20.1. The van der Waals surface area contributed by atoms with E-state index in [-0.39, 0.29) is 11.5 Å². The van der Waals surface area contributed by atoms with Crippen LogP contribution in [0.5, 0.6) is 11.5 Å². The third kappa shape index (κ3) is 6.41. The van der Waals surface area contributed by atoms with Crippen molar-refractivity contribution in [1.82, 2.24) is 14.8 Å². The lowest BCUT2D eigenvalue weighted by Crippen LogP contribution is -2.23. The van der Waals surface area contributed by atoms with Crippen LogP contribution in [-0.4, -0.2) is 33.8 Å². The van der Waals surface area contributed by atoms with Crippen molar-refractivity contribution in [3.05, 3.63) is 102 Å². The number of carbonyl (C=O) groups is 2. The monoisotopic (exact) mass is 590 g/mol. The van der Waals surface area contributed by atoms with Crippen LogP contribution in [-0.2, 0) is 15.7 Å². The zero-order valence-electron chi connectivity index (χ0n) is 22.8. The first kappa shape index (κ1) is 29.1. The third-order valence-corrected chi connectivity index (χ3v) is 6.40. The van der Waals surface area contributed by atoms with Crippen molar-refractivity contribution >= 4 is 34.2 Å². The maximum Gasteiger partial charge on any atom is 0.435 e. The van der Waals surface area contributed by atoms with Crippen LogP contribution >= 0.6 is 0 Å². The van der Waals surface area contributed by atoms with Gasteiger partial charge >= 0.3 is 12.2 Å². The Bertz CT molecular complexity index is 1800. The Kier molecular flexibility index (Phi) is 7.99. The number of urea groups is 1. The predicted octanol–water partition coefficient (Wildman–Crippen LogP) is 6.36. The van der Waals surface area contributed by atoms with Crippen molar-refractivity contribution in [3.8, 4) is 17.2 Å². The van der Waals surface area contributed by atoms with E-state index in [9.17, 15) is 22.8 Å². The average molecular weight is 591 g/mol. The molecule has 43 heavy (non-hydrogen) atoms. The summed E-state index contributed by atoms with van der Waals surface area (Å²) >= 11 is 0. The molecule has 10 nitrogen and oxygen atoms in total. The molecule has 0 aliphatic heterocycles. The van der Waals surface area contributed by atoms with E-state index < -0.39 is 29.9 Å². The summed E-state index contributed by atoms with van der Waals surface area (Å²) in [5.74, 6) is -0.0830.